The fourth-order valence-corrected chi connectivity index (χ4v) is 2.79. The van der Waals surface area contributed by atoms with Gasteiger partial charge in [0, 0.05) is 32.7 Å². The first kappa shape index (κ1) is 16.8. The number of piperazine rings is 1. The highest BCUT2D eigenvalue weighted by atomic mass is 32.2. The molecular weight excluding hydrogens is 276 g/mol. The molecule has 1 aliphatic rings. The highest BCUT2D eigenvalue weighted by molar-refractivity contribution is 7.85. The Morgan fingerprint density at radius 2 is 1.58 bits per heavy atom. The van der Waals surface area contributed by atoms with E-state index in [1.165, 1.54) is 0 Å². The van der Waals surface area contributed by atoms with E-state index in [1.54, 1.807) is 0 Å². The van der Waals surface area contributed by atoms with Gasteiger partial charge in [-0.2, -0.15) is 8.42 Å². The van der Waals surface area contributed by atoms with E-state index in [2.05, 4.69) is 0 Å². The van der Waals surface area contributed by atoms with Gasteiger partial charge < -0.3 is 15.3 Å². The topological polar surface area (TPSA) is 122 Å². The molecule has 0 aromatic carbocycles. The molecule has 0 aliphatic carbocycles. The van der Waals surface area contributed by atoms with E-state index in [1.807, 2.05) is 9.80 Å². The minimum atomic E-state index is -4.16. The molecule has 0 aromatic rings. The minimum Gasteiger partial charge on any atom is -0.395 e. The van der Waals surface area contributed by atoms with Gasteiger partial charge in [-0.15, -0.1) is 0 Å². The second-order valence-corrected chi connectivity index (χ2v) is 6.26. The summed E-state index contributed by atoms with van der Waals surface area (Å²) < 4.78 is 29.9. The molecule has 1 atom stereocenters. The van der Waals surface area contributed by atoms with Crippen LogP contribution in [0.3, 0.4) is 0 Å². The fourth-order valence-electron chi connectivity index (χ4n) is 2.19. The molecule has 0 spiro atoms. The van der Waals surface area contributed by atoms with Crippen LogP contribution in [0.15, 0.2) is 0 Å². The smallest absolute Gasteiger partial charge is 0.267 e. The molecule has 9 heteroatoms. The van der Waals surface area contributed by atoms with Gasteiger partial charge in [-0.25, -0.2) is 0 Å². The molecule has 0 amide bonds. The van der Waals surface area contributed by atoms with Crippen molar-refractivity contribution in [2.75, 3.05) is 51.7 Å². The summed E-state index contributed by atoms with van der Waals surface area (Å²) in [5.74, 6) is -0.664. The zero-order valence-electron chi connectivity index (χ0n) is 10.7. The maximum atomic E-state index is 10.6. The van der Waals surface area contributed by atoms with Crippen LogP contribution in [0, 0.1) is 0 Å². The maximum absolute atomic E-state index is 10.6. The minimum absolute atomic E-state index is 0.109. The Balaban J connectivity index is 2.34. The van der Waals surface area contributed by atoms with Crippen LogP contribution in [0.25, 0.3) is 0 Å². The summed E-state index contributed by atoms with van der Waals surface area (Å²) in [5.41, 5.74) is 0. The Morgan fingerprint density at radius 3 is 2.00 bits per heavy atom. The first-order valence-electron chi connectivity index (χ1n) is 6.17. The van der Waals surface area contributed by atoms with Crippen LogP contribution in [0.4, 0.5) is 0 Å². The lowest BCUT2D eigenvalue weighted by molar-refractivity contribution is 0.0240. The van der Waals surface area contributed by atoms with Crippen LogP contribution in [-0.4, -0.2) is 102 Å². The zero-order chi connectivity index (χ0) is 14.5. The van der Waals surface area contributed by atoms with Crippen LogP contribution in [0.2, 0.25) is 0 Å². The van der Waals surface area contributed by atoms with Crippen molar-refractivity contribution >= 4 is 10.1 Å². The van der Waals surface area contributed by atoms with Crippen LogP contribution >= 0.6 is 0 Å². The highest BCUT2D eigenvalue weighted by Gasteiger charge is 2.25. The number of rotatable bonds is 7. The van der Waals surface area contributed by atoms with Crippen LogP contribution in [-0.2, 0) is 10.1 Å². The normalized spacial score (nSPS) is 20.9. The van der Waals surface area contributed by atoms with Gasteiger partial charge in [0.05, 0.1) is 25.4 Å². The second-order valence-electron chi connectivity index (χ2n) is 4.76. The van der Waals surface area contributed by atoms with Crippen molar-refractivity contribution in [3.8, 4) is 0 Å². The quantitative estimate of drug-likeness (QED) is 0.372. The van der Waals surface area contributed by atoms with Gasteiger partial charge in [0.15, 0.2) is 0 Å². The van der Waals surface area contributed by atoms with E-state index in [0.717, 1.165) is 0 Å². The molecule has 0 aromatic heterocycles. The van der Waals surface area contributed by atoms with Gasteiger partial charge >= 0.3 is 0 Å². The predicted molar refractivity (Wildman–Crippen MR) is 68.4 cm³/mol. The summed E-state index contributed by atoms with van der Waals surface area (Å²) >= 11 is 0. The third-order valence-electron chi connectivity index (χ3n) is 3.22. The van der Waals surface area contributed by atoms with Crippen molar-refractivity contribution in [3.05, 3.63) is 0 Å². The van der Waals surface area contributed by atoms with Crippen LogP contribution in [0.1, 0.15) is 0 Å². The summed E-state index contributed by atoms with van der Waals surface area (Å²) in [4.78, 5) is 3.84. The second kappa shape index (κ2) is 7.48. The molecule has 1 unspecified atom stereocenters. The Kier molecular flexibility index (Phi) is 6.60. The van der Waals surface area contributed by atoms with Crippen LogP contribution < -0.4 is 0 Å². The Labute approximate surface area is 113 Å². The predicted octanol–water partition coefficient (Wildman–Crippen LogP) is -2.79. The third-order valence-corrected chi connectivity index (χ3v) is 4.02. The molecule has 1 fully saturated rings. The Bertz CT molecular complexity index is 351. The molecule has 1 rings (SSSR count). The third kappa shape index (κ3) is 6.13. The summed E-state index contributed by atoms with van der Waals surface area (Å²) in [7, 11) is -4.16. The first-order chi connectivity index (χ1) is 8.85. The number of hydrogen-bond donors (Lipinski definition) is 4. The van der Waals surface area contributed by atoms with Crippen molar-refractivity contribution in [2.45, 2.75) is 12.1 Å². The van der Waals surface area contributed by atoms with Gasteiger partial charge in [-0.05, 0) is 0 Å². The van der Waals surface area contributed by atoms with E-state index in [0.29, 0.717) is 26.2 Å². The molecular formula is C10H22N2O6S. The Morgan fingerprint density at radius 1 is 1.05 bits per heavy atom. The SMILES string of the molecule is O=S(=O)(O)CC(O)CN1CCN(C(CO)CO)CC1. The van der Waals surface area contributed by atoms with Crippen LogP contribution in [0.5, 0.6) is 0 Å². The van der Waals surface area contributed by atoms with Gasteiger partial charge in [-0.1, -0.05) is 0 Å². The molecule has 8 nitrogen and oxygen atoms in total. The molecule has 1 heterocycles. The molecule has 1 saturated heterocycles. The first-order valence-corrected chi connectivity index (χ1v) is 7.78. The molecule has 0 radical (unpaired) electrons. The average Bonchev–Trinajstić information content (AvgIpc) is 2.30. The zero-order valence-corrected chi connectivity index (χ0v) is 11.5. The fraction of sp³-hybridized carbons (Fsp3) is 1.00. The van der Waals surface area contributed by atoms with E-state index in [9.17, 15) is 13.5 Å². The number of nitrogens with zero attached hydrogens (tertiary/aromatic N) is 2. The molecule has 114 valence electrons. The van der Waals surface area contributed by atoms with Crippen molar-refractivity contribution in [1.29, 1.82) is 0 Å². The number of aliphatic hydroxyl groups is 3. The average molecular weight is 298 g/mol. The summed E-state index contributed by atoms with van der Waals surface area (Å²) in [6, 6.07) is -0.273. The molecule has 1 aliphatic heterocycles. The van der Waals surface area contributed by atoms with E-state index < -0.39 is 22.0 Å². The maximum Gasteiger partial charge on any atom is 0.267 e. The number of aliphatic hydroxyl groups excluding tert-OH is 3. The molecule has 0 saturated carbocycles. The monoisotopic (exact) mass is 298 g/mol. The van der Waals surface area contributed by atoms with Gasteiger partial charge in [-0.3, -0.25) is 14.4 Å². The van der Waals surface area contributed by atoms with E-state index in [4.69, 9.17) is 14.8 Å². The molecule has 19 heavy (non-hydrogen) atoms. The summed E-state index contributed by atoms with van der Waals surface area (Å²) in [6.07, 6.45) is -1.12. The van der Waals surface area contributed by atoms with Gasteiger partial charge in [0.2, 0.25) is 0 Å². The lowest BCUT2D eigenvalue weighted by Gasteiger charge is -2.38. The molecule has 0 bridgehead atoms. The summed E-state index contributed by atoms with van der Waals surface area (Å²) in [6.45, 7) is 2.44. The van der Waals surface area contributed by atoms with Crippen molar-refractivity contribution < 1.29 is 28.3 Å². The van der Waals surface area contributed by atoms with Gasteiger partial charge in [0.1, 0.15) is 5.75 Å². The molecule has 4 N–H and O–H groups in total. The van der Waals surface area contributed by atoms with E-state index in [-0.39, 0.29) is 25.8 Å². The number of hydrogen-bond acceptors (Lipinski definition) is 7. The number of β-amino-alcohol motifs (C(OH)–C–C–N with tert-alkyl or cyclic N) is 1. The largest absolute Gasteiger partial charge is 0.395 e. The Hall–Kier alpha value is -0.290. The van der Waals surface area contributed by atoms with Crippen molar-refractivity contribution in [2.24, 2.45) is 0 Å². The van der Waals surface area contributed by atoms with Gasteiger partial charge in [0.25, 0.3) is 10.1 Å². The summed E-state index contributed by atoms with van der Waals surface area (Å²) in [5, 5.41) is 27.7. The standard InChI is InChI=1S/C10H22N2O6S/c13-6-9(7-14)12-3-1-11(2-4-12)5-10(15)8-19(16,17)18/h9-10,13-15H,1-8H2,(H,16,17,18). The van der Waals surface area contributed by atoms with E-state index >= 15 is 0 Å². The lowest BCUT2D eigenvalue weighted by atomic mass is 10.2. The van der Waals surface area contributed by atoms with Crippen molar-refractivity contribution in [1.82, 2.24) is 9.80 Å². The highest BCUT2D eigenvalue weighted by Crippen LogP contribution is 2.07. The van der Waals surface area contributed by atoms with Crippen molar-refractivity contribution in [3.63, 3.8) is 0 Å². The lowest BCUT2D eigenvalue weighted by Crippen LogP contribution is -2.54.